The highest BCUT2D eigenvalue weighted by Crippen LogP contribution is 2.46. The monoisotopic (exact) mass is 1050 g/mol. The molecule has 0 radical (unpaired) electrons. The number of phenols is 2. The first kappa shape index (κ1) is 53.9. The second kappa shape index (κ2) is 24.3. The highest BCUT2D eigenvalue weighted by atomic mass is 32.1. The molecule has 5 aromatic carbocycles. The zero-order chi connectivity index (χ0) is 53.2. The molecule has 390 valence electrons. The summed E-state index contributed by atoms with van der Waals surface area (Å²) in [6, 6.07) is 32.8. The molecular formula is C59H64N6O8S2. The minimum absolute atomic E-state index is 0.0102. The van der Waals surface area contributed by atoms with Gasteiger partial charge in [0.25, 0.3) is 5.91 Å². The second-order valence-electron chi connectivity index (χ2n) is 20.1. The van der Waals surface area contributed by atoms with E-state index in [0.717, 1.165) is 84.6 Å². The molecule has 4 amide bonds. The Labute approximate surface area is 445 Å². The van der Waals surface area contributed by atoms with Gasteiger partial charge in [0.15, 0.2) is 0 Å². The minimum atomic E-state index is -0.884. The van der Waals surface area contributed by atoms with Gasteiger partial charge in [-0.05, 0) is 139 Å². The molecule has 14 nitrogen and oxygen atoms in total. The topological polar surface area (TPSA) is 203 Å². The van der Waals surface area contributed by atoms with Crippen LogP contribution in [-0.2, 0) is 14.4 Å². The zero-order valence-corrected chi connectivity index (χ0v) is 44.5. The summed E-state index contributed by atoms with van der Waals surface area (Å²) in [5, 5.41) is 41.9. The number of carbonyl (C=O) groups excluding carboxylic acids is 4. The highest BCUT2D eigenvalue weighted by molar-refractivity contribution is 7.23. The molecule has 1 aliphatic heterocycles. The van der Waals surface area contributed by atoms with Gasteiger partial charge in [-0.1, -0.05) is 76.4 Å². The summed E-state index contributed by atoms with van der Waals surface area (Å²) in [6.45, 7) is 10.0. The molecule has 6 N–H and O–H groups in total. The Morgan fingerprint density at radius 3 is 2.24 bits per heavy atom. The summed E-state index contributed by atoms with van der Waals surface area (Å²) < 4.78 is 6.87. The number of phenolic OH excluding ortho intramolecular Hbond substituents is 2. The van der Waals surface area contributed by atoms with Gasteiger partial charge < -0.3 is 35.6 Å². The van der Waals surface area contributed by atoms with Crippen molar-refractivity contribution < 1.29 is 39.2 Å². The maximum absolute atomic E-state index is 14.1. The summed E-state index contributed by atoms with van der Waals surface area (Å²) in [5.41, 5.74) is 10.6. The molecule has 1 saturated heterocycles. The predicted octanol–water partition coefficient (Wildman–Crippen LogP) is 10.9. The third-order valence-corrected chi connectivity index (χ3v) is 15.5. The van der Waals surface area contributed by atoms with Crippen LogP contribution < -0.4 is 20.8 Å². The first-order chi connectivity index (χ1) is 36.0. The fourth-order valence-corrected chi connectivity index (χ4v) is 11.3. The maximum Gasteiger partial charge on any atom is 0.271 e. The van der Waals surface area contributed by atoms with Crippen LogP contribution in [0.5, 0.6) is 17.2 Å². The van der Waals surface area contributed by atoms with Crippen molar-refractivity contribution >= 4 is 62.6 Å². The Kier molecular flexibility index (Phi) is 17.5. The first-order valence-corrected chi connectivity index (χ1v) is 27.0. The fourth-order valence-electron chi connectivity index (χ4n) is 9.24. The summed E-state index contributed by atoms with van der Waals surface area (Å²) in [4.78, 5) is 62.1. The number of likely N-dealkylation sites (tertiary alicyclic amines) is 1. The van der Waals surface area contributed by atoms with E-state index >= 15 is 0 Å². The number of aliphatic hydroxyl groups excluding tert-OH is 1. The van der Waals surface area contributed by atoms with E-state index in [-0.39, 0.29) is 60.6 Å². The van der Waals surface area contributed by atoms with Gasteiger partial charge in [0.05, 0.1) is 41.0 Å². The molecule has 0 unspecified atom stereocenters. The number of amides is 4. The van der Waals surface area contributed by atoms with Crippen molar-refractivity contribution in [1.82, 2.24) is 25.9 Å². The van der Waals surface area contributed by atoms with Crippen LogP contribution in [0.25, 0.3) is 42.1 Å². The van der Waals surface area contributed by atoms with Gasteiger partial charge in [-0.25, -0.2) is 10.4 Å². The molecule has 3 heterocycles. The number of benzene rings is 5. The molecule has 1 aliphatic rings. The second-order valence-corrected chi connectivity index (χ2v) is 22.0. The standard InChI is InChI=1S/C59H64N6O8S2/c1-36(39-17-19-40(20-18-39)53-37(2)60-35-74-53)62-57(71)49-31-46(68)34-65(49)58(72)55(59(3,4)5)63-51(69)14-9-7-6-8-10-29-73-47-26-15-38(16-27-47)33-61-64-56(70)43-13-11-12-42(30-43)52-48-28-25-45(67)32-50(48)75-54(52)41-21-23-44(66)24-22-41/h11-13,15-28,30,32-33,35-36,46,49,55,66-68H,6-10,14,29,31,34H2,1-5H3,(H,62,71)(H,63,69)(H,64,70)/b61-33+/t36-,46+,49-,55+/m0/s1. The normalized spacial score (nSPS) is 15.5. The Balaban J connectivity index is 0.740. The number of hydrogen-bond acceptors (Lipinski definition) is 12. The number of aromatic nitrogens is 1. The van der Waals surface area contributed by atoms with Crippen molar-refractivity contribution in [2.75, 3.05) is 13.2 Å². The number of nitrogens with zero attached hydrogens (tertiary/aromatic N) is 3. The number of fused-ring (bicyclic) bond motifs is 1. The van der Waals surface area contributed by atoms with Gasteiger partial charge in [0, 0.05) is 45.5 Å². The first-order valence-electron chi connectivity index (χ1n) is 25.3. The lowest BCUT2D eigenvalue weighted by Gasteiger charge is -2.35. The largest absolute Gasteiger partial charge is 0.508 e. The number of thiazole rings is 1. The number of aliphatic hydroxyl groups is 1. The van der Waals surface area contributed by atoms with Crippen molar-refractivity contribution in [3.05, 3.63) is 143 Å². The number of unbranched alkanes of at least 4 members (excludes halogenated alkanes) is 4. The molecule has 0 spiro atoms. The van der Waals surface area contributed by atoms with E-state index in [0.29, 0.717) is 24.3 Å². The molecule has 16 heteroatoms. The molecule has 4 atom stereocenters. The molecule has 7 aromatic rings. The van der Waals surface area contributed by atoms with Crippen LogP contribution in [0.2, 0.25) is 0 Å². The van der Waals surface area contributed by atoms with Crippen LogP contribution in [0.3, 0.4) is 0 Å². The van der Waals surface area contributed by atoms with Crippen molar-refractivity contribution in [3.63, 3.8) is 0 Å². The van der Waals surface area contributed by atoms with Gasteiger partial charge in [-0.3, -0.25) is 19.2 Å². The van der Waals surface area contributed by atoms with E-state index in [1.165, 1.54) is 16.2 Å². The van der Waals surface area contributed by atoms with Crippen LogP contribution in [0, 0.1) is 12.3 Å². The van der Waals surface area contributed by atoms with Crippen molar-refractivity contribution in [2.24, 2.45) is 10.5 Å². The summed E-state index contributed by atoms with van der Waals surface area (Å²) in [7, 11) is 0. The van der Waals surface area contributed by atoms with E-state index in [2.05, 4.69) is 26.1 Å². The molecule has 2 aromatic heterocycles. The van der Waals surface area contributed by atoms with Crippen LogP contribution in [-0.4, -0.2) is 86.4 Å². The molecule has 75 heavy (non-hydrogen) atoms. The number of aromatic hydroxyl groups is 2. The number of aryl methyl sites for hydroxylation is 1. The number of hydrogen-bond donors (Lipinski definition) is 6. The number of ether oxygens (including phenoxy) is 1. The average molecular weight is 1050 g/mol. The lowest BCUT2D eigenvalue weighted by atomic mass is 9.85. The number of thiophene rings is 1. The van der Waals surface area contributed by atoms with E-state index in [9.17, 15) is 34.5 Å². The van der Waals surface area contributed by atoms with Crippen LogP contribution >= 0.6 is 22.7 Å². The number of β-amino-alcohol motifs (C(OH)–C–C–N with tert-alkyl or cyclic N) is 1. The van der Waals surface area contributed by atoms with Gasteiger partial charge in [0.2, 0.25) is 17.7 Å². The van der Waals surface area contributed by atoms with Crippen LogP contribution in [0.15, 0.2) is 126 Å². The lowest BCUT2D eigenvalue weighted by molar-refractivity contribution is -0.144. The Hall–Kier alpha value is -7.40. The maximum atomic E-state index is 14.1. The number of hydrazone groups is 1. The van der Waals surface area contributed by atoms with E-state index in [1.54, 1.807) is 47.9 Å². The van der Waals surface area contributed by atoms with Crippen molar-refractivity contribution in [1.29, 1.82) is 0 Å². The molecule has 0 aliphatic carbocycles. The van der Waals surface area contributed by atoms with E-state index in [4.69, 9.17) is 4.74 Å². The minimum Gasteiger partial charge on any atom is -0.508 e. The lowest BCUT2D eigenvalue weighted by Crippen LogP contribution is -2.57. The number of rotatable bonds is 20. The van der Waals surface area contributed by atoms with Gasteiger partial charge in [-0.15, -0.1) is 22.7 Å². The highest BCUT2D eigenvalue weighted by Gasteiger charge is 2.44. The van der Waals surface area contributed by atoms with E-state index in [1.807, 2.05) is 125 Å². The zero-order valence-electron chi connectivity index (χ0n) is 42.8. The van der Waals surface area contributed by atoms with E-state index < -0.39 is 23.6 Å². The Morgan fingerprint density at radius 1 is 0.827 bits per heavy atom. The third kappa shape index (κ3) is 13.7. The van der Waals surface area contributed by atoms with Crippen LogP contribution in [0.4, 0.5) is 0 Å². The van der Waals surface area contributed by atoms with Crippen LogP contribution in [0.1, 0.15) is 106 Å². The third-order valence-electron chi connectivity index (χ3n) is 13.4. The van der Waals surface area contributed by atoms with Gasteiger partial charge in [0.1, 0.15) is 29.3 Å². The molecular weight excluding hydrogens is 985 g/mol. The summed E-state index contributed by atoms with van der Waals surface area (Å²) >= 11 is 3.11. The van der Waals surface area contributed by atoms with Gasteiger partial charge >= 0.3 is 0 Å². The molecule has 1 fully saturated rings. The SMILES string of the molecule is Cc1ncsc1-c1ccc([C@H](C)NC(=O)[C@@H]2C[C@@H](O)CN2C(=O)[C@@H](NC(=O)CCCCCCCOc2ccc(/C=N/NC(=O)c3cccc(-c4c(-c5ccc(O)cc5)sc5cc(O)ccc45)c3)cc2)C(C)(C)C)cc1. The van der Waals surface area contributed by atoms with Crippen molar-refractivity contribution in [3.8, 4) is 49.3 Å². The average Bonchev–Trinajstić information content (AvgIpc) is 4.13. The number of nitrogens with one attached hydrogen (secondary N) is 3. The summed E-state index contributed by atoms with van der Waals surface area (Å²) in [5.74, 6) is -0.287. The van der Waals surface area contributed by atoms with Crippen molar-refractivity contribution in [2.45, 2.75) is 104 Å². The fraction of sp³-hybridized carbons (Fsp3) is 0.322. The Morgan fingerprint density at radius 2 is 1.52 bits per heavy atom. The molecule has 8 rings (SSSR count). The summed E-state index contributed by atoms with van der Waals surface area (Å²) in [6.07, 6.45) is 5.25. The predicted molar refractivity (Wildman–Crippen MR) is 297 cm³/mol. The molecule has 0 saturated carbocycles. The number of carbonyl (C=O) groups is 4. The van der Waals surface area contributed by atoms with Gasteiger partial charge in [-0.2, -0.15) is 5.10 Å². The Bertz CT molecular complexity index is 3150. The molecule has 0 bridgehead atoms. The quantitative estimate of drug-likeness (QED) is 0.0244. The smallest absolute Gasteiger partial charge is 0.271 e.